The standard InChI is InChI=1S/C29H29NO5S2/c1-19-14-26(35-25-10-12-37(32,33)13-11-25)15-20(2)29(19)23-5-3-4-21(16-23)18-34-24-8-6-22(7-9-24)27-17-28(31)30-36-27/h3-9,14-17,25H,10-13,18H2,1-2H3,(H,30,31). The van der Waals surface area contributed by atoms with Crippen LogP contribution in [0.25, 0.3) is 21.6 Å². The summed E-state index contributed by atoms with van der Waals surface area (Å²) in [5.74, 6) is 1.95. The molecule has 0 saturated carbocycles. The molecule has 0 radical (unpaired) electrons. The van der Waals surface area contributed by atoms with Crippen LogP contribution in [0.15, 0.2) is 71.5 Å². The Kier molecular flexibility index (Phi) is 7.22. The number of sulfone groups is 1. The van der Waals surface area contributed by atoms with E-state index in [-0.39, 0.29) is 23.2 Å². The number of rotatable bonds is 7. The Labute approximate surface area is 221 Å². The predicted molar refractivity (Wildman–Crippen MR) is 148 cm³/mol. The molecule has 5 rings (SSSR count). The van der Waals surface area contributed by atoms with Gasteiger partial charge in [-0.25, -0.2) is 8.42 Å². The van der Waals surface area contributed by atoms with Crippen LogP contribution in [0, 0.1) is 13.8 Å². The molecule has 8 heteroatoms. The molecule has 1 aliphatic heterocycles. The van der Waals surface area contributed by atoms with Crippen molar-refractivity contribution in [3.05, 3.63) is 93.8 Å². The van der Waals surface area contributed by atoms with E-state index in [0.717, 1.165) is 49.8 Å². The van der Waals surface area contributed by atoms with Gasteiger partial charge in [-0.15, -0.1) is 0 Å². The van der Waals surface area contributed by atoms with Crippen LogP contribution in [0.1, 0.15) is 29.5 Å². The minimum Gasteiger partial charge on any atom is -0.490 e. The Bertz CT molecular complexity index is 1530. The first-order valence-electron chi connectivity index (χ1n) is 12.3. The number of nitrogens with one attached hydrogen (secondary N) is 1. The van der Waals surface area contributed by atoms with E-state index in [1.165, 1.54) is 11.5 Å². The van der Waals surface area contributed by atoms with E-state index in [4.69, 9.17) is 9.47 Å². The van der Waals surface area contributed by atoms with E-state index in [1.54, 1.807) is 6.07 Å². The van der Waals surface area contributed by atoms with Crippen LogP contribution in [0.3, 0.4) is 0 Å². The molecule has 0 amide bonds. The zero-order chi connectivity index (χ0) is 26.0. The highest BCUT2D eigenvalue weighted by atomic mass is 32.2. The number of ether oxygens (including phenoxy) is 2. The normalized spacial score (nSPS) is 15.4. The summed E-state index contributed by atoms with van der Waals surface area (Å²) < 4.78 is 38.3. The van der Waals surface area contributed by atoms with Gasteiger partial charge in [-0.3, -0.25) is 9.17 Å². The van der Waals surface area contributed by atoms with Crippen molar-refractivity contribution in [2.24, 2.45) is 0 Å². The van der Waals surface area contributed by atoms with E-state index in [0.29, 0.717) is 19.4 Å². The van der Waals surface area contributed by atoms with Crippen LogP contribution < -0.4 is 15.0 Å². The molecule has 1 fully saturated rings. The molecule has 6 nitrogen and oxygen atoms in total. The summed E-state index contributed by atoms with van der Waals surface area (Å²) >= 11 is 1.32. The van der Waals surface area contributed by atoms with Crippen LogP contribution in [0.4, 0.5) is 0 Å². The van der Waals surface area contributed by atoms with E-state index in [1.807, 2.05) is 42.5 Å². The van der Waals surface area contributed by atoms with Crippen molar-refractivity contribution in [2.75, 3.05) is 11.5 Å². The second kappa shape index (κ2) is 10.6. The second-order valence-corrected chi connectivity index (χ2v) is 12.6. The van der Waals surface area contributed by atoms with E-state index in [2.05, 4.69) is 36.4 Å². The van der Waals surface area contributed by atoms with E-state index < -0.39 is 9.84 Å². The maximum absolute atomic E-state index is 11.7. The summed E-state index contributed by atoms with van der Waals surface area (Å²) in [7, 11) is -2.91. The van der Waals surface area contributed by atoms with Crippen molar-refractivity contribution in [3.8, 4) is 33.1 Å². The molecule has 2 heterocycles. The fourth-order valence-corrected chi connectivity index (χ4v) is 6.89. The van der Waals surface area contributed by atoms with Gasteiger partial charge in [0, 0.05) is 6.07 Å². The number of hydrogen-bond donors (Lipinski definition) is 1. The molecule has 1 aliphatic rings. The van der Waals surface area contributed by atoms with Crippen LogP contribution in [0.5, 0.6) is 11.5 Å². The van der Waals surface area contributed by atoms with Crippen LogP contribution in [-0.2, 0) is 16.4 Å². The molecule has 3 aromatic carbocycles. The molecular formula is C29H29NO5S2. The molecule has 1 saturated heterocycles. The van der Waals surface area contributed by atoms with Gasteiger partial charge in [0.1, 0.15) is 24.2 Å². The quantitative estimate of drug-likeness (QED) is 0.317. The molecule has 4 aromatic rings. The lowest BCUT2D eigenvalue weighted by atomic mass is 9.94. The summed E-state index contributed by atoms with van der Waals surface area (Å²) in [4.78, 5) is 12.3. The number of aromatic amines is 1. The van der Waals surface area contributed by atoms with Crippen molar-refractivity contribution in [3.63, 3.8) is 0 Å². The van der Waals surface area contributed by atoms with Gasteiger partial charge in [0.05, 0.1) is 16.4 Å². The number of hydrogen-bond acceptors (Lipinski definition) is 6. The average molecular weight is 536 g/mol. The summed E-state index contributed by atoms with van der Waals surface area (Å²) in [5.41, 5.74) is 6.45. The van der Waals surface area contributed by atoms with Crippen LogP contribution in [0.2, 0.25) is 0 Å². The minimum absolute atomic E-state index is 0.0597. The highest BCUT2D eigenvalue weighted by molar-refractivity contribution is 7.91. The molecule has 1 aromatic heterocycles. The first kappa shape index (κ1) is 25.3. The molecule has 192 valence electrons. The largest absolute Gasteiger partial charge is 0.490 e. The Morgan fingerprint density at radius 3 is 2.24 bits per heavy atom. The fourth-order valence-electron chi connectivity index (χ4n) is 4.75. The van der Waals surface area contributed by atoms with Gasteiger partial charge in [-0.2, -0.15) is 0 Å². The number of aryl methyl sites for hydroxylation is 2. The third-order valence-electron chi connectivity index (χ3n) is 6.59. The van der Waals surface area contributed by atoms with Crippen LogP contribution in [-0.4, -0.2) is 30.4 Å². The topological polar surface area (TPSA) is 85.5 Å². The Balaban J connectivity index is 1.26. The SMILES string of the molecule is Cc1cc(OC2CCS(=O)(=O)CC2)cc(C)c1-c1cccc(COc2ccc(-c3cc(=O)[nH]s3)cc2)c1. The van der Waals surface area contributed by atoms with Gasteiger partial charge in [0.25, 0.3) is 5.56 Å². The lowest BCUT2D eigenvalue weighted by molar-refractivity contribution is 0.189. The number of benzene rings is 3. The van der Waals surface area contributed by atoms with Crippen molar-refractivity contribution in [1.29, 1.82) is 0 Å². The average Bonchev–Trinajstić information content (AvgIpc) is 3.30. The highest BCUT2D eigenvalue weighted by Crippen LogP contribution is 2.33. The molecule has 0 unspecified atom stereocenters. The van der Waals surface area contributed by atoms with Crippen LogP contribution >= 0.6 is 11.5 Å². The minimum atomic E-state index is -2.91. The smallest absolute Gasteiger partial charge is 0.258 e. The maximum Gasteiger partial charge on any atom is 0.258 e. The first-order valence-corrected chi connectivity index (χ1v) is 14.9. The summed E-state index contributed by atoms with van der Waals surface area (Å²) in [6.07, 6.45) is 1.02. The monoisotopic (exact) mass is 535 g/mol. The summed E-state index contributed by atoms with van der Waals surface area (Å²) in [6, 6.07) is 21.7. The van der Waals surface area contributed by atoms with Gasteiger partial charge in [0.15, 0.2) is 9.84 Å². The second-order valence-electron chi connectivity index (χ2n) is 9.49. The highest BCUT2D eigenvalue weighted by Gasteiger charge is 2.25. The van der Waals surface area contributed by atoms with Gasteiger partial charge < -0.3 is 9.47 Å². The molecule has 37 heavy (non-hydrogen) atoms. The van der Waals surface area contributed by atoms with E-state index >= 15 is 0 Å². The molecule has 0 aliphatic carbocycles. The molecule has 1 N–H and O–H groups in total. The van der Waals surface area contributed by atoms with Crippen molar-refractivity contribution >= 4 is 21.4 Å². The molecular weight excluding hydrogens is 506 g/mol. The molecule has 0 spiro atoms. The first-order chi connectivity index (χ1) is 17.8. The Hall–Kier alpha value is -3.36. The Morgan fingerprint density at radius 2 is 1.59 bits per heavy atom. The lowest BCUT2D eigenvalue weighted by Gasteiger charge is -2.24. The summed E-state index contributed by atoms with van der Waals surface area (Å²) in [6.45, 7) is 4.59. The van der Waals surface area contributed by atoms with Gasteiger partial charge in [-0.05, 0) is 103 Å². The Morgan fingerprint density at radius 1 is 0.892 bits per heavy atom. The maximum atomic E-state index is 11.7. The number of H-pyrrole nitrogens is 1. The van der Waals surface area contributed by atoms with E-state index in [9.17, 15) is 13.2 Å². The zero-order valence-corrected chi connectivity index (χ0v) is 22.5. The van der Waals surface area contributed by atoms with Crippen molar-refractivity contribution < 1.29 is 17.9 Å². The van der Waals surface area contributed by atoms with Crippen molar-refractivity contribution in [2.45, 2.75) is 39.4 Å². The third-order valence-corrected chi connectivity index (χ3v) is 9.19. The fraction of sp³-hybridized carbons (Fsp3) is 0.276. The summed E-state index contributed by atoms with van der Waals surface area (Å²) in [5, 5.41) is 0. The van der Waals surface area contributed by atoms with Gasteiger partial charge in [-0.1, -0.05) is 29.7 Å². The predicted octanol–water partition coefficient (Wildman–Crippen LogP) is 5.92. The zero-order valence-electron chi connectivity index (χ0n) is 20.8. The lowest BCUT2D eigenvalue weighted by Crippen LogP contribution is -2.30. The molecule has 0 bridgehead atoms. The molecule has 0 atom stereocenters. The van der Waals surface area contributed by atoms with Gasteiger partial charge >= 0.3 is 0 Å². The van der Waals surface area contributed by atoms with Crippen molar-refractivity contribution in [1.82, 2.24) is 4.37 Å². The number of aromatic nitrogens is 1. The third kappa shape index (κ3) is 6.14. The van der Waals surface area contributed by atoms with Gasteiger partial charge in [0.2, 0.25) is 0 Å².